The van der Waals surface area contributed by atoms with Crippen molar-refractivity contribution in [2.75, 3.05) is 0 Å². The summed E-state index contributed by atoms with van der Waals surface area (Å²) in [7, 11) is 0. The maximum Gasteiger partial charge on any atom is 0.125 e. The van der Waals surface area contributed by atoms with Crippen LogP contribution >= 0.6 is 0 Å². The Balaban J connectivity index is 1.77. The van der Waals surface area contributed by atoms with Crippen LogP contribution in [0.2, 0.25) is 0 Å². The fraction of sp³-hybridized carbons (Fsp3) is 0.176. The van der Waals surface area contributed by atoms with Crippen LogP contribution in [-0.2, 0) is 13.1 Å². The van der Waals surface area contributed by atoms with Crippen molar-refractivity contribution in [3.8, 4) is 5.75 Å². The van der Waals surface area contributed by atoms with Gasteiger partial charge in [0, 0.05) is 24.8 Å². The van der Waals surface area contributed by atoms with Crippen molar-refractivity contribution in [3.05, 3.63) is 65.7 Å². The summed E-state index contributed by atoms with van der Waals surface area (Å²) >= 11 is 0. The molecule has 1 aromatic heterocycles. The summed E-state index contributed by atoms with van der Waals surface area (Å²) in [5, 5.41) is 15.6. The summed E-state index contributed by atoms with van der Waals surface area (Å²) in [6.45, 7) is 3.11. The third-order valence-electron chi connectivity index (χ3n) is 3.46. The summed E-state index contributed by atoms with van der Waals surface area (Å²) in [6, 6.07) is 13.6. The molecule has 0 aliphatic carbocycles. The zero-order valence-electron chi connectivity index (χ0n) is 11.9. The molecule has 2 aromatic carbocycles. The molecule has 0 fully saturated rings. The first-order valence-electron chi connectivity index (χ1n) is 6.93. The molecule has 0 saturated heterocycles. The van der Waals surface area contributed by atoms with Crippen molar-refractivity contribution in [2.45, 2.75) is 20.0 Å². The minimum absolute atomic E-state index is 0.320. The second-order valence-corrected chi connectivity index (χ2v) is 4.98. The van der Waals surface area contributed by atoms with E-state index in [-0.39, 0.29) is 0 Å². The number of hydrogen-bond donors (Lipinski definition) is 2. The van der Waals surface area contributed by atoms with Crippen LogP contribution in [0.4, 0.5) is 0 Å². The molecular weight excluding hydrogens is 262 g/mol. The van der Waals surface area contributed by atoms with E-state index in [1.807, 2.05) is 43.3 Å². The van der Waals surface area contributed by atoms with Gasteiger partial charge in [0.05, 0.1) is 5.69 Å². The van der Waals surface area contributed by atoms with Crippen LogP contribution in [-0.4, -0.2) is 15.1 Å². The first kappa shape index (κ1) is 13.5. The van der Waals surface area contributed by atoms with Crippen LogP contribution in [0.25, 0.3) is 10.8 Å². The number of nitrogens with zero attached hydrogens (tertiary/aromatic N) is 2. The van der Waals surface area contributed by atoms with Crippen molar-refractivity contribution in [3.63, 3.8) is 0 Å². The maximum atomic E-state index is 10.1. The molecule has 1 heterocycles. The average Bonchev–Trinajstić information content (AvgIpc) is 2.50. The zero-order valence-corrected chi connectivity index (χ0v) is 11.9. The highest BCUT2D eigenvalue weighted by atomic mass is 16.3. The normalized spacial score (nSPS) is 10.9. The van der Waals surface area contributed by atoms with Crippen molar-refractivity contribution < 1.29 is 5.11 Å². The molecule has 4 nitrogen and oxygen atoms in total. The molecule has 0 spiro atoms. The van der Waals surface area contributed by atoms with Gasteiger partial charge in [-0.2, -0.15) is 0 Å². The Labute approximate surface area is 123 Å². The smallest absolute Gasteiger partial charge is 0.125 e. The topological polar surface area (TPSA) is 58.0 Å². The zero-order chi connectivity index (χ0) is 14.7. The lowest BCUT2D eigenvalue weighted by atomic mass is 10.0. The molecule has 106 valence electrons. The Morgan fingerprint density at radius 2 is 1.90 bits per heavy atom. The van der Waals surface area contributed by atoms with Gasteiger partial charge in [0.2, 0.25) is 0 Å². The van der Waals surface area contributed by atoms with E-state index in [4.69, 9.17) is 0 Å². The number of hydrogen-bond acceptors (Lipinski definition) is 4. The average molecular weight is 279 g/mol. The van der Waals surface area contributed by atoms with Crippen LogP contribution < -0.4 is 5.32 Å². The SMILES string of the molecule is Cc1nccc(CNCc2c(O)ccc3ccccc23)n1. The molecule has 0 aliphatic heterocycles. The number of fused-ring (bicyclic) bond motifs is 1. The van der Waals surface area contributed by atoms with Gasteiger partial charge >= 0.3 is 0 Å². The highest BCUT2D eigenvalue weighted by molar-refractivity contribution is 5.87. The van der Waals surface area contributed by atoms with Crippen LogP contribution in [0, 0.1) is 6.92 Å². The summed E-state index contributed by atoms with van der Waals surface area (Å²) in [6.07, 6.45) is 1.76. The van der Waals surface area contributed by atoms with E-state index >= 15 is 0 Å². The van der Waals surface area contributed by atoms with Gasteiger partial charge in [-0.3, -0.25) is 0 Å². The number of aromatic nitrogens is 2. The van der Waals surface area contributed by atoms with Gasteiger partial charge < -0.3 is 10.4 Å². The summed E-state index contributed by atoms with van der Waals surface area (Å²) < 4.78 is 0. The van der Waals surface area contributed by atoms with E-state index in [0.29, 0.717) is 18.8 Å². The van der Waals surface area contributed by atoms with Crippen LogP contribution in [0.1, 0.15) is 17.1 Å². The molecule has 0 saturated carbocycles. The minimum Gasteiger partial charge on any atom is -0.508 e. The molecule has 0 unspecified atom stereocenters. The van der Waals surface area contributed by atoms with E-state index in [2.05, 4.69) is 15.3 Å². The van der Waals surface area contributed by atoms with Crippen LogP contribution in [0.3, 0.4) is 0 Å². The van der Waals surface area contributed by atoms with E-state index < -0.39 is 0 Å². The van der Waals surface area contributed by atoms with Gasteiger partial charge in [-0.25, -0.2) is 9.97 Å². The highest BCUT2D eigenvalue weighted by Crippen LogP contribution is 2.26. The number of aromatic hydroxyl groups is 1. The molecule has 21 heavy (non-hydrogen) atoms. The van der Waals surface area contributed by atoms with Crippen LogP contribution in [0.15, 0.2) is 48.7 Å². The Kier molecular flexibility index (Phi) is 3.79. The van der Waals surface area contributed by atoms with Gasteiger partial charge in [0.15, 0.2) is 0 Å². The van der Waals surface area contributed by atoms with Crippen molar-refractivity contribution in [1.29, 1.82) is 0 Å². The Morgan fingerprint density at radius 1 is 1.05 bits per heavy atom. The summed E-state index contributed by atoms with van der Waals surface area (Å²) in [5.74, 6) is 1.09. The number of aryl methyl sites for hydroxylation is 1. The molecule has 2 N–H and O–H groups in total. The first-order chi connectivity index (χ1) is 10.2. The quantitative estimate of drug-likeness (QED) is 0.771. The molecule has 3 rings (SSSR count). The number of nitrogens with one attached hydrogen (secondary N) is 1. The second-order valence-electron chi connectivity index (χ2n) is 4.98. The lowest BCUT2D eigenvalue weighted by molar-refractivity contribution is 0.465. The van der Waals surface area contributed by atoms with Gasteiger partial charge in [-0.15, -0.1) is 0 Å². The number of benzene rings is 2. The van der Waals surface area contributed by atoms with E-state index in [0.717, 1.165) is 27.9 Å². The monoisotopic (exact) mass is 279 g/mol. The lowest BCUT2D eigenvalue weighted by Gasteiger charge is -2.10. The molecule has 4 heteroatoms. The number of rotatable bonds is 4. The molecule has 0 atom stereocenters. The highest BCUT2D eigenvalue weighted by Gasteiger charge is 2.06. The largest absolute Gasteiger partial charge is 0.508 e. The Bertz CT molecular complexity index is 771. The van der Waals surface area contributed by atoms with E-state index in [1.54, 1.807) is 12.3 Å². The van der Waals surface area contributed by atoms with E-state index in [1.165, 1.54) is 0 Å². The molecule has 3 aromatic rings. The number of phenolic OH excluding ortho intramolecular Hbond substituents is 1. The van der Waals surface area contributed by atoms with Gasteiger partial charge in [0.25, 0.3) is 0 Å². The predicted molar refractivity (Wildman–Crippen MR) is 82.9 cm³/mol. The fourth-order valence-electron chi connectivity index (χ4n) is 2.43. The van der Waals surface area contributed by atoms with Crippen molar-refractivity contribution >= 4 is 10.8 Å². The summed E-state index contributed by atoms with van der Waals surface area (Å²) in [5.41, 5.74) is 1.86. The molecule has 0 aliphatic rings. The van der Waals surface area contributed by atoms with E-state index in [9.17, 15) is 5.11 Å². The molecule has 0 radical (unpaired) electrons. The minimum atomic E-state index is 0.320. The molecular formula is C17H17N3O. The van der Waals surface area contributed by atoms with Gasteiger partial charge in [-0.1, -0.05) is 30.3 Å². The first-order valence-corrected chi connectivity index (χ1v) is 6.93. The summed E-state index contributed by atoms with van der Waals surface area (Å²) in [4.78, 5) is 8.44. The maximum absolute atomic E-state index is 10.1. The lowest BCUT2D eigenvalue weighted by Crippen LogP contribution is -2.14. The van der Waals surface area contributed by atoms with Gasteiger partial charge in [-0.05, 0) is 29.8 Å². The molecule has 0 amide bonds. The predicted octanol–water partition coefficient (Wildman–Crippen LogP) is 2.93. The number of phenols is 1. The third-order valence-corrected chi connectivity index (χ3v) is 3.46. The second kappa shape index (κ2) is 5.89. The Hall–Kier alpha value is -2.46. The van der Waals surface area contributed by atoms with Crippen molar-refractivity contribution in [2.24, 2.45) is 0 Å². The van der Waals surface area contributed by atoms with Crippen LogP contribution in [0.5, 0.6) is 5.75 Å². The van der Waals surface area contributed by atoms with Crippen molar-refractivity contribution in [1.82, 2.24) is 15.3 Å². The Morgan fingerprint density at radius 3 is 2.76 bits per heavy atom. The third kappa shape index (κ3) is 3.01. The standard InChI is InChI=1S/C17H17N3O/c1-12-19-9-8-14(20-12)10-18-11-16-15-5-3-2-4-13(15)6-7-17(16)21/h2-9,18,21H,10-11H2,1H3. The fourth-order valence-corrected chi connectivity index (χ4v) is 2.43. The molecule has 0 bridgehead atoms. The van der Waals surface area contributed by atoms with Gasteiger partial charge in [0.1, 0.15) is 11.6 Å².